The highest BCUT2D eigenvalue weighted by atomic mass is 16.5. The van der Waals surface area contributed by atoms with Crippen LogP contribution in [0.3, 0.4) is 0 Å². The summed E-state index contributed by atoms with van der Waals surface area (Å²) in [4.78, 5) is 4.61. The second kappa shape index (κ2) is 10.9. The summed E-state index contributed by atoms with van der Waals surface area (Å²) in [5.41, 5.74) is 1.15. The first-order chi connectivity index (χ1) is 11.8. The molecular weight excluding hydrogens is 306 g/mol. The summed E-state index contributed by atoms with van der Waals surface area (Å²) in [5, 5.41) is 6.60. The van der Waals surface area contributed by atoms with E-state index in [0.717, 1.165) is 63.0 Å². The van der Waals surface area contributed by atoms with Crippen LogP contribution in [0.15, 0.2) is 29.3 Å². The molecule has 1 fully saturated rings. The van der Waals surface area contributed by atoms with E-state index in [-0.39, 0.29) is 6.10 Å². The minimum atomic E-state index is 0.280. The zero-order valence-corrected chi connectivity index (χ0v) is 14.7. The van der Waals surface area contributed by atoms with Gasteiger partial charge in [-0.05, 0) is 37.5 Å². The molecule has 0 spiro atoms. The van der Waals surface area contributed by atoms with Crippen molar-refractivity contribution >= 4 is 5.96 Å². The third-order valence-electron chi connectivity index (χ3n) is 3.78. The first-order valence-corrected chi connectivity index (χ1v) is 8.66. The smallest absolute Gasteiger partial charge is 0.191 e. The van der Waals surface area contributed by atoms with Crippen LogP contribution < -0.4 is 15.4 Å². The summed E-state index contributed by atoms with van der Waals surface area (Å²) in [7, 11) is 1.67. The Balaban J connectivity index is 1.69. The van der Waals surface area contributed by atoms with E-state index in [1.165, 1.54) is 0 Å². The normalized spacial score (nSPS) is 17.8. The molecule has 1 heterocycles. The molecule has 2 rings (SSSR count). The van der Waals surface area contributed by atoms with Crippen LogP contribution in [0.4, 0.5) is 0 Å². The highest BCUT2D eigenvalue weighted by Gasteiger charge is 2.15. The fourth-order valence-corrected chi connectivity index (χ4v) is 2.42. The van der Waals surface area contributed by atoms with Crippen molar-refractivity contribution in [3.05, 3.63) is 29.8 Å². The van der Waals surface area contributed by atoms with Gasteiger partial charge >= 0.3 is 0 Å². The van der Waals surface area contributed by atoms with Crippen LogP contribution in [0.1, 0.15) is 25.3 Å². The van der Waals surface area contributed by atoms with Crippen molar-refractivity contribution in [3.63, 3.8) is 0 Å². The van der Waals surface area contributed by atoms with Gasteiger partial charge in [-0.2, -0.15) is 0 Å². The van der Waals surface area contributed by atoms with E-state index in [1.807, 2.05) is 24.3 Å². The van der Waals surface area contributed by atoms with Gasteiger partial charge in [0.1, 0.15) is 5.75 Å². The van der Waals surface area contributed by atoms with Gasteiger partial charge in [-0.25, -0.2) is 4.99 Å². The summed E-state index contributed by atoms with van der Waals surface area (Å²) in [6.45, 7) is 6.68. The number of nitrogens with zero attached hydrogens (tertiary/aromatic N) is 1. The Hall–Kier alpha value is -1.79. The van der Waals surface area contributed by atoms with E-state index in [2.05, 4.69) is 22.5 Å². The fraction of sp³-hybridized carbons (Fsp3) is 0.611. The largest absolute Gasteiger partial charge is 0.497 e. The Labute approximate surface area is 144 Å². The number of rotatable bonds is 9. The fourth-order valence-electron chi connectivity index (χ4n) is 2.42. The van der Waals surface area contributed by atoms with Crippen LogP contribution in [-0.2, 0) is 16.0 Å². The van der Waals surface area contributed by atoms with Crippen LogP contribution in [0.5, 0.6) is 5.75 Å². The average Bonchev–Trinajstić information content (AvgIpc) is 3.13. The number of ether oxygens (including phenoxy) is 3. The minimum Gasteiger partial charge on any atom is -0.497 e. The van der Waals surface area contributed by atoms with Crippen molar-refractivity contribution < 1.29 is 14.2 Å². The van der Waals surface area contributed by atoms with Crippen molar-refractivity contribution in [2.45, 2.75) is 32.4 Å². The number of hydrogen-bond acceptors (Lipinski definition) is 4. The van der Waals surface area contributed by atoms with Crippen LogP contribution in [0.25, 0.3) is 0 Å². The van der Waals surface area contributed by atoms with Gasteiger partial charge < -0.3 is 24.8 Å². The molecule has 6 nitrogen and oxygen atoms in total. The molecule has 1 aliphatic heterocycles. The zero-order valence-electron chi connectivity index (χ0n) is 14.7. The maximum absolute atomic E-state index is 5.76. The van der Waals surface area contributed by atoms with Gasteiger partial charge in [0.25, 0.3) is 0 Å². The van der Waals surface area contributed by atoms with Crippen molar-refractivity contribution in [3.8, 4) is 5.75 Å². The molecule has 1 unspecified atom stereocenters. The molecule has 24 heavy (non-hydrogen) atoms. The molecule has 134 valence electrons. The second-order valence-electron chi connectivity index (χ2n) is 5.68. The highest BCUT2D eigenvalue weighted by Crippen LogP contribution is 2.11. The van der Waals surface area contributed by atoms with E-state index < -0.39 is 0 Å². The van der Waals surface area contributed by atoms with E-state index in [0.29, 0.717) is 6.54 Å². The van der Waals surface area contributed by atoms with E-state index in [4.69, 9.17) is 14.2 Å². The van der Waals surface area contributed by atoms with Crippen LogP contribution in [0, 0.1) is 0 Å². The molecule has 1 aromatic rings. The van der Waals surface area contributed by atoms with Crippen molar-refractivity contribution in [2.75, 3.05) is 40.0 Å². The minimum absolute atomic E-state index is 0.280. The van der Waals surface area contributed by atoms with Gasteiger partial charge in [-0.15, -0.1) is 0 Å². The molecule has 1 atom stereocenters. The quantitative estimate of drug-likeness (QED) is 0.410. The maximum Gasteiger partial charge on any atom is 0.191 e. The molecule has 0 aliphatic carbocycles. The molecule has 0 radical (unpaired) electrons. The SMILES string of the molecule is CCNC(=NCc1ccc(OC)cc1)NCCCOC1CCOC1. The van der Waals surface area contributed by atoms with Gasteiger partial charge in [0.15, 0.2) is 5.96 Å². The lowest BCUT2D eigenvalue weighted by Crippen LogP contribution is -2.38. The van der Waals surface area contributed by atoms with Crippen LogP contribution in [-0.4, -0.2) is 52.1 Å². The Bertz CT molecular complexity index is 485. The maximum atomic E-state index is 5.76. The van der Waals surface area contributed by atoms with E-state index in [9.17, 15) is 0 Å². The molecule has 6 heteroatoms. The van der Waals surface area contributed by atoms with E-state index >= 15 is 0 Å². The summed E-state index contributed by atoms with van der Waals surface area (Å²) in [6.07, 6.45) is 2.24. The summed E-state index contributed by atoms with van der Waals surface area (Å²) >= 11 is 0. The zero-order chi connectivity index (χ0) is 17.0. The molecule has 0 bridgehead atoms. The molecule has 0 saturated carbocycles. The lowest BCUT2D eigenvalue weighted by molar-refractivity contribution is 0.0420. The van der Waals surface area contributed by atoms with Crippen LogP contribution in [0.2, 0.25) is 0 Å². The standard InChI is InChI=1S/C18H29N3O3/c1-3-19-18(20-10-4-11-24-17-9-12-23-14-17)21-13-15-5-7-16(22-2)8-6-15/h5-8,17H,3-4,9-14H2,1-2H3,(H2,19,20,21). The Morgan fingerprint density at radius 3 is 2.79 bits per heavy atom. The molecule has 1 aromatic carbocycles. The number of methoxy groups -OCH3 is 1. The first kappa shape index (κ1) is 18.5. The Morgan fingerprint density at radius 2 is 2.12 bits per heavy atom. The third kappa shape index (κ3) is 6.76. The highest BCUT2D eigenvalue weighted by molar-refractivity contribution is 5.79. The predicted molar refractivity (Wildman–Crippen MR) is 95.6 cm³/mol. The lowest BCUT2D eigenvalue weighted by atomic mass is 10.2. The van der Waals surface area contributed by atoms with Gasteiger partial charge in [0.05, 0.1) is 26.4 Å². The van der Waals surface area contributed by atoms with Gasteiger partial charge in [0, 0.05) is 26.3 Å². The monoisotopic (exact) mass is 335 g/mol. The first-order valence-electron chi connectivity index (χ1n) is 8.66. The summed E-state index contributed by atoms with van der Waals surface area (Å²) in [6, 6.07) is 7.97. The van der Waals surface area contributed by atoms with Crippen molar-refractivity contribution in [1.29, 1.82) is 0 Å². The Kier molecular flexibility index (Phi) is 8.41. The summed E-state index contributed by atoms with van der Waals surface area (Å²) in [5.74, 6) is 1.69. The van der Waals surface area contributed by atoms with Gasteiger partial charge in [0.2, 0.25) is 0 Å². The van der Waals surface area contributed by atoms with Crippen molar-refractivity contribution in [1.82, 2.24) is 10.6 Å². The summed E-state index contributed by atoms with van der Waals surface area (Å²) < 4.78 is 16.2. The number of guanidine groups is 1. The second-order valence-corrected chi connectivity index (χ2v) is 5.68. The Morgan fingerprint density at radius 1 is 1.29 bits per heavy atom. The average molecular weight is 335 g/mol. The third-order valence-corrected chi connectivity index (χ3v) is 3.78. The van der Waals surface area contributed by atoms with Crippen LogP contribution >= 0.6 is 0 Å². The molecular formula is C18H29N3O3. The van der Waals surface area contributed by atoms with Crippen molar-refractivity contribution in [2.24, 2.45) is 4.99 Å². The molecule has 0 amide bonds. The molecule has 1 saturated heterocycles. The number of aliphatic imine (C=N–C) groups is 1. The molecule has 0 aromatic heterocycles. The van der Waals surface area contributed by atoms with Gasteiger partial charge in [-0.1, -0.05) is 12.1 Å². The number of hydrogen-bond donors (Lipinski definition) is 2. The molecule has 1 aliphatic rings. The topological polar surface area (TPSA) is 64.1 Å². The lowest BCUT2D eigenvalue weighted by Gasteiger charge is -2.13. The van der Waals surface area contributed by atoms with E-state index in [1.54, 1.807) is 7.11 Å². The predicted octanol–water partition coefficient (Wildman–Crippen LogP) is 1.95. The number of nitrogens with one attached hydrogen (secondary N) is 2. The number of benzene rings is 1. The molecule has 2 N–H and O–H groups in total. The van der Waals surface area contributed by atoms with Gasteiger partial charge in [-0.3, -0.25) is 0 Å².